The van der Waals surface area contributed by atoms with Crippen LogP contribution in [0.25, 0.3) is 0 Å². The minimum atomic E-state index is -1.18. The number of hydrogen-bond acceptors (Lipinski definition) is 3. The van der Waals surface area contributed by atoms with E-state index in [-0.39, 0.29) is 17.8 Å². The fraction of sp³-hybridized carbons (Fsp3) is 0.438. The summed E-state index contributed by atoms with van der Waals surface area (Å²) in [7, 11) is 0.214. The highest BCUT2D eigenvalue weighted by atomic mass is 32.2. The molecule has 3 atom stereocenters. The third kappa shape index (κ3) is 3.01. The van der Waals surface area contributed by atoms with E-state index in [1.807, 2.05) is 44.2 Å². The Kier molecular flexibility index (Phi) is 4.76. The van der Waals surface area contributed by atoms with E-state index < -0.39 is 10.8 Å². The number of esters is 1. The van der Waals surface area contributed by atoms with Gasteiger partial charge in [0, 0.05) is 15.7 Å². The molecular weight excluding hydrogens is 272 g/mol. The van der Waals surface area contributed by atoms with Gasteiger partial charge in [0.2, 0.25) is 0 Å². The minimum absolute atomic E-state index is 0.0181. The molecule has 1 aliphatic carbocycles. The monoisotopic (exact) mass is 292 g/mol. The van der Waals surface area contributed by atoms with E-state index in [2.05, 4.69) is 0 Å². The number of carbonyl (C=O) groups excluding carboxylic acids is 1. The van der Waals surface area contributed by atoms with E-state index in [1.54, 1.807) is 0 Å². The van der Waals surface area contributed by atoms with Crippen molar-refractivity contribution in [3.8, 4) is 0 Å². The molecule has 3 nitrogen and oxygen atoms in total. The van der Waals surface area contributed by atoms with Crippen molar-refractivity contribution in [3.05, 3.63) is 40.8 Å². The number of allylic oxidation sites excluding steroid dienone is 2. The first-order valence-electron chi connectivity index (χ1n) is 6.81. The average Bonchev–Trinajstić information content (AvgIpc) is 2.95. The van der Waals surface area contributed by atoms with Gasteiger partial charge >= 0.3 is 5.97 Å². The smallest absolute Gasteiger partial charge is 0.309 e. The molecule has 108 valence electrons. The van der Waals surface area contributed by atoms with Crippen LogP contribution in [0.5, 0.6) is 0 Å². The number of carbonyl (C=O) groups is 1. The van der Waals surface area contributed by atoms with Gasteiger partial charge in [-0.2, -0.15) is 0 Å². The van der Waals surface area contributed by atoms with E-state index in [0.29, 0.717) is 0 Å². The molecule has 3 unspecified atom stereocenters. The lowest BCUT2D eigenvalue weighted by atomic mass is 9.93. The van der Waals surface area contributed by atoms with Crippen molar-refractivity contribution in [2.45, 2.75) is 31.6 Å². The summed E-state index contributed by atoms with van der Waals surface area (Å²) in [6, 6.07) is 7.71. The molecule has 20 heavy (non-hydrogen) atoms. The summed E-state index contributed by atoms with van der Waals surface area (Å²) in [6.07, 6.45) is 3.75. The largest absolute Gasteiger partial charge is 0.469 e. The topological polar surface area (TPSA) is 43.4 Å². The van der Waals surface area contributed by atoms with Crippen LogP contribution >= 0.6 is 0 Å². The van der Waals surface area contributed by atoms with Crippen LogP contribution in [0.2, 0.25) is 0 Å². The van der Waals surface area contributed by atoms with Gasteiger partial charge in [-0.1, -0.05) is 30.7 Å². The summed E-state index contributed by atoms with van der Waals surface area (Å²) in [5.74, 6) is -0.462. The Labute approximate surface area is 122 Å². The van der Waals surface area contributed by atoms with Gasteiger partial charge in [-0.3, -0.25) is 4.79 Å². The van der Waals surface area contributed by atoms with Crippen LogP contribution < -0.4 is 0 Å². The Morgan fingerprint density at radius 2 is 2.00 bits per heavy atom. The molecule has 1 aromatic rings. The predicted molar refractivity (Wildman–Crippen MR) is 79.6 cm³/mol. The van der Waals surface area contributed by atoms with Gasteiger partial charge in [-0.25, -0.2) is 4.21 Å². The molecule has 0 N–H and O–H groups in total. The summed E-state index contributed by atoms with van der Waals surface area (Å²) >= 11 is 0. The lowest BCUT2D eigenvalue weighted by Crippen LogP contribution is -2.23. The molecule has 0 aliphatic heterocycles. The Bertz CT molecular complexity index is 545. The molecule has 4 heteroatoms. The maximum absolute atomic E-state index is 12.7. The number of rotatable bonds is 4. The zero-order chi connectivity index (χ0) is 14.7. The van der Waals surface area contributed by atoms with Crippen molar-refractivity contribution in [1.82, 2.24) is 0 Å². The zero-order valence-corrected chi connectivity index (χ0v) is 12.9. The lowest BCUT2D eigenvalue weighted by molar-refractivity contribution is -0.146. The van der Waals surface area contributed by atoms with Crippen LogP contribution in [0.4, 0.5) is 0 Å². The van der Waals surface area contributed by atoms with Crippen LogP contribution in [0, 0.1) is 18.8 Å². The summed E-state index contributed by atoms with van der Waals surface area (Å²) in [5.41, 5.74) is 1.14. The maximum Gasteiger partial charge on any atom is 0.309 e. The van der Waals surface area contributed by atoms with E-state index >= 15 is 0 Å². The first-order valence-corrected chi connectivity index (χ1v) is 7.96. The van der Waals surface area contributed by atoms with E-state index in [4.69, 9.17) is 4.74 Å². The maximum atomic E-state index is 12.7. The molecule has 0 amide bonds. The van der Waals surface area contributed by atoms with Crippen molar-refractivity contribution in [3.63, 3.8) is 0 Å². The van der Waals surface area contributed by atoms with E-state index in [0.717, 1.165) is 28.2 Å². The van der Waals surface area contributed by atoms with Crippen LogP contribution in [0.1, 0.15) is 25.3 Å². The fourth-order valence-corrected chi connectivity index (χ4v) is 4.08. The van der Waals surface area contributed by atoms with Crippen LogP contribution in [-0.2, 0) is 20.3 Å². The molecule has 0 heterocycles. The van der Waals surface area contributed by atoms with E-state index in [1.165, 1.54) is 7.11 Å². The standard InChI is InChI=1S/C16H20O3S/c1-11-7-9-13(10-8-11)20(18)15-6-4-5-14(15)12(2)16(17)19-3/h6-10,12,14H,4-5H2,1-3H3. The number of hydrogen-bond donors (Lipinski definition) is 0. The van der Waals surface area contributed by atoms with Crippen molar-refractivity contribution in [1.29, 1.82) is 0 Å². The van der Waals surface area contributed by atoms with Gasteiger partial charge in [0.05, 0.1) is 23.8 Å². The Morgan fingerprint density at radius 3 is 2.60 bits per heavy atom. The van der Waals surface area contributed by atoms with Crippen LogP contribution in [-0.4, -0.2) is 17.3 Å². The quantitative estimate of drug-likeness (QED) is 0.800. The second kappa shape index (κ2) is 6.35. The minimum Gasteiger partial charge on any atom is -0.469 e. The number of benzene rings is 1. The highest BCUT2D eigenvalue weighted by molar-refractivity contribution is 7.89. The fourth-order valence-electron chi connectivity index (χ4n) is 2.56. The lowest BCUT2D eigenvalue weighted by Gasteiger charge is -2.20. The molecule has 1 aromatic carbocycles. The van der Waals surface area contributed by atoms with Gasteiger partial charge in [-0.05, 0) is 31.9 Å². The Balaban J connectivity index is 2.20. The zero-order valence-electron chi connectivity index (χ0n) is 12.1. The van der Waals surface area contributed by atoms with Crippen molar-refractivity contribution >= 4 is 16.8 Å². The molecular formula is C16H20O3S. The second-order valence-electron chi connectivity index (χ2n) is 5.18. The molecule has 1 aliphatic rings. The first-order chi connectivity index (χ1) is 9.54. The van der Waals surface area contributed by atoms with Gasteiger partial charge < -0.3 is 4.74 Å². The molecule has 0 saturated heterocycles. The van der Waals surface area contributed by atoms with Gasteiger partial charge in [0.1, 0.15) is 0 Å². The second-order valence-corrected chi connectivity index (χ2v) is 6.66. The summed E-state index contributed by atoms with van der Waals surface area (Å²) in [4.78, 5) is 13.4. The molecule has 0 radical (unpaired) electrons. The third-order valence-electron chi connectivity index (χ3n) is 3.81. The van der Waals surface area contributed by atoms with Crippen molar-refractivity contribution in [2.75, 3.05) is 7.11 Å². The normalized spacial score (nSPS) is 21.1. The van der Waals surface area contributed by atoms with Crippen LogP contribution in [0.3, 0.4) is 0 Å². The highest BCUT2D eigenvalue weighted by Gasteiger charge is 2.33. The van der Waals surface area contributed by atoms with Gasteiger partial charge in [0.25, 0.3) is 0 Å². The third-order valence-corrected chi connectivity index (χ3v) is 5.41. The molecule has 0 bridgehead atoms. The van der Waals surface area contributed by atoms with Gasteiger partial charge in [0.15, 0.2) is 0 Å². The summed E-state index contributed by atoms with van der Waals surface area (Å²) in [6.45, 7) is 3.85. The van der Waals surface area contributed by atoms with Crippen LogP contribution in [0.15, 0.2) is 40.1 Å². The molecule has 0 saturated carbocycles. The first kappa shape index (κ1) is 15.0. The Morgan fingerprint density at radius 1 is 1.35 bits per heavy atom. The molecule has 0 aromatic heterocycles. The van der Waals surface area contributed by atoms with Crippen molar-refractivity contribution in [2.24, 2.45) is 11.8 Å². The van der Waals surface area contributed by atoms with Crippen molar-refractivity contribution < 1.29 is 13.7 Å². The predicted octanol–water partition coefficient (Wildman–Crippen LogP) is 3.21. The van der Waals surface area contributed by atoms with Gasteiger partial charge in [-0.15, -0.1) is 0 Å². The molecule has 0 spiro atoms. The number of aryl methyl sites for hydroxylation is 1. The highest BCUT2D eigenvalue weighted by Crippen LogP contribution is 2.36. The summed E-state index contributed by atoms with van der Waals surface area (Å²) < 4.78 is 17.5. The average molecular weight is 292 g/mol. The molecule has 0 fully saturated rings. The number of ether oxygens (including phenoxy) is 1. The SMILES string of the molecule is COC(=O)C(C)C1CCC=C1S(=O)c1ccc(C)cc1. The number of methoxy groups -OCH3 is 1. The Hall–Kier alpha value is -1.42. The van der Waals surface area contributed by atoms with E-state index in [9.17, 15) is 9.00 Å². The molecule has 2 rings (SSSR count). The summed E-state index contributed by atoms with van der Waals surface area (Å²) in [5, 5.41) is 0.